The lowest BCUT2D eigenvalue weighted by Crippen LogP contribution is -2.62. The molecule has 3 N–H and O–H groups in total. The van der Waals surface area contributed by atoms with E-state index in [1.165, 1.54) is 0 Å². The van der Waals surface area contributed by atoms with Gasteiger partial charge in [0.15, 0.2) is 5.84 Å². The Bertz CT molecular complexity index is 878. The van der Waals surface area contributed by atoms with Crippen molar-refractivity contribution in [1.29, 1.82) is 0 Å². The molecule has 0 saturated heterocycles. The van der Waals surface area contributed by atoms with Crippen molar-refractivity contribution in [2.75, 3.05) is 0 Å². The molecule has 2 aromatic rings. The van der Waals surface area contributed by atoms with Crippen molar-refractivity contribution in [3.63, 3.8) is 0 Å². The molecule has 0 radical (unpaired) electrons. The van der Waals surface area contributed by atoms with Gasteiger partial charge in [-0.3, -0.25) is 10.1 Å². The topological polar surface area (TPSA) is 93.5 Å². The van der Waals surface area contributed by atoms with Gasteiger partial charge < -0.3 is 11.1 Å². The number of hydrogen-bond acceptors (Lipinski definition) is 5. The molecule has 2 atom stereocenters. The molecule has 0 spiro atoms. The Balaban J connectivity index is 1.91. The third-order valence-corrected chi connectivity index (χ3v) is 4.52. The molecular formula is C21H22N4O2. The summed E-state index contributed by atoms with van der Waals surface area (Å²) in [5, 5.41) is 15.0. The highest BCUT2D eigenvalue weighted by atomic mass is 16.6. The fraction of sp³-hybridized carbons (Fsp3) is 0.190. The molecule has 0 bridgehead atoms. The summed E-state index contributed by atoms with van der Waals surface area (Å²) >= 11 is 0. The average Bonchev–Trinajstić information content (AvgIpc) is 2.66. The Labute approximate surface area is 158 Å². The summed E-state index contributed by atoms with van der Waals surface area (Å²) in [5.41, 5.74) is 7.82. The zero-order chi connectivity index (χ0) is 19.3. The molecule has 0 aromatic heterocycles. The van der Waals surface area contributed by atoms with Crippen molar-refractivity contribution >= 4 is 5.84 Å². The van der Waals surface area contributed by atoms with Crippen LogP contribution in [-0.2, 0) is 13.0 Å². The summed E-state index contributed by atoms with van der Waals surface area (Å²) < 4.78 is 0. The van der Waals surface area contributed by atoms with Crippen LogP contribution in [0.2, 0.25) is 0 Å². The van der Waals surface area contributed by atoms with Gasteiger partial charge in [0, 0.05) is 17.9 Å². The Hall–Kier alpha value is -3.25. The smallest absolute Gasteiger partial charge is 0.290 e. The van der Waals surface area contributed by atoms with Crippen molar-refractivity contribution in [1.82, 2.24) is 5.32 Å². The van der Waals surface area contributed by atoms with Gasteiger partial charge in [-0.2, -0.15) is 0 Å². The van der Waals surface area contributed by atoms with E-state index in [2.05, 4.69) is 16.9 Å². The summed E-state index contributed by atoms with van der Waals surface area (Å²) in [6, 6.07) is 18.0. The fourth-order valence-corrected chi connectivity index (χ4v) is 3.26. The highest BCUT2D eigenvalue weighted by molar-refractivity contribution is 5.90. The number of allylic oxidation sites excluding steroid dienone is 1. The van der Waals surface area contributed by atoms with E-state index in [1.807, 2.05) is 60.7 Å². The second kappa shape index (κ2) is 7.97. The molecule has 6 heteroatoms. The fourth-order valence-electron chi connectivity index (χ4n) is 3.26. The lowest BCUT2D eigenvalue weighted by atomic mass is 9.81. The van der Waals surface area contributed by atoms with Crippen molar-refractivity contribution in [2.24, 2.45) is 10.7 Å². The third kappa shape index (κ3) is 4.30. The van der Waals surface area contributed by atoms with Crippen LogP contribution >= 0.6 is 0 Å². The minimum atomic E-state index is -1.21. The number of hydrogen-bond donors (Lipinski definition) is 2. The first-order chi connectivity index (χ1) is 13.0. The van der Waals surface area contributed by atoms with E-state index in [0.29, 0.717) is 18.7 Å². The maximum atomic E-state index is 11.9. The van der Waals surface area contributed by atoms with Crippen molar-refractivity contribution in [3.8, 4) is 0 Å². The summed E-state index contributed by atoms with van der Waals surface area (Å²) in [4.78, 5) is 15.9. The molecule has 6 nitrogen and oxygen atoms in total. The molecule has 1 aliphatic heterocycles. The Kier molecular flexibility index (Phi) is 5.47. The second-order valence-corrected chi connectivity index (χ2v) is 6.57. The van der Waals surface area contributed by atoms with Gasteiger partial charge in [-0.05, 0) is 23.3 Å². The van der Waals surface area contributed by atoms with Crippen molar-refractivity contribution in [3.05, 3.63) is 106 Å². The largest absolute Gasteiger partial charge is 0.364 e. The molecule has 0 amide bonds. The number of aliphatic imine (C=N–C) groups is 1. The summed E-state index contributed by atoms with van der Waals surface area (Å²) in [6.45, 7) is 4.18. The van der Waals surface area contributed by atoms with Gasteiger partial charge in [-0.15, -0.1) is 0 Å². The Morgan fingerprint density at radius 2 is 1.74 bits per heavy atom. The van der Waals surface area contributed by atoms with Crippen LogP contribution in [0.1, 0.15) is 11.1 Å². The summed E-state index contributed by atoms with van der Waals surface area (Å²) in [7, 11) is 0. The van der Waals surface area contributed by atoms with Crippen LogP contribution < -0.4 is 11.1 Å². The van der Waals surface area contributed by atoms with Gasteiger partial charge in [-0.25, -0.2) is 4.99 Å². The monoisotopic (exact) mass is 362 g/mol. The first-order valence-electron chi connectivity index (χ1n) is 8.70. The van der Waals surface area contributed by atoms with Gasteiger partial charge >= 0.3 is 0 Å². The highest BCUT2D eigenvalue weighted by Gasteiger charge is 2.48. The van der Waals surface area contributed by atoms with Crippen LogP contribution in [0.25, 0.3) is 0 Å². The normalized spacial score (nSPS) is 21.7. The molecule has 0 fully saturated rings. The standard InChI is InChI=1S/C21H22N4O2/c1-2-18-14-21(22,13-16-9-5-3-6-10-16)19(25(26)27)20(24-18)23-15-17-11-7-4-8-12-17/h2-12,14,19H,1,13,15,22H2,(H,23,24). The van der Waals surface area contributed by atoms with E-state index in [4.69, 9.17) is 5.73 Å². The van der Waals surface area contributed by atoms with Crippen LogP contribution in [0.15, 0.2) is 90.1 Å². The maximum absolute atomic E-state index is 11.9. The van der Waals surface area contributed by atoms with E-state index in [1.54, 1.807) is 12.2 Å². The van der Waals surface area contributed by atoms with Crippen molar-refractivity contribution < 1.29 is 4.92 Å². The predicted molar refractivity (Wildman–Crippen MR) is 107 cm³/mol. The molecule has 0 aliphatic carbocycles. The third-order valence-electron chi connectivity index (χ3n) is 4.52. The number of nitro groups is 1. The zero-order valence-electron chi connectivity index (χ0n) is 14.9. The molecule has 138 valence electrons. The molecule has 3 rings (SSSR count). The summed E-state index contributed by atoms with van der Waals surface area (Å²) in [5.74, 6) is 0.250. The Morgan fingerprint density at radius 3 is 2.30 bits per heavy atom. The SMILES string of the molecule is C=CC1=CC(N)(Cc2ccccc2)C([N+](=O)[O-])C(NCc2ccccc2)=N1. The lowest BCUT2D eigenvalue weighted by molar-refractivity contribution is -0.511. The van der Waals surface area contributed by atoms with Crippen LogP contribution in [0, 0.1) is 10.1 Å². The van der Waals surface area contributed by atoms with E-state index >= 15 is 0 Å². The van der Waals surface area contributed by atoms with Gasteiger partial charge in [-0.1, -0.05) is 67.2 Å². The lowest BCUT2D eigenvalue weighted by Gasteiger charge is -2.33. The van der Waals surface area contributed by atoms with Gasteiger partial charge in [0.05, 0.1) is 5.70 Å². The molecule has 1 aliphatic rings. The van der Waals surface area contributed by atoms with Gasteiger partial charge in [0.1, 0.15) is 5.54 Å². The van der Waals surface area contributed by atoms with Crippen molar-refractivity contribution in [2.45, 2.75) is 24.5 Å². The molecule has 2 unspecified atom stereocenters. The molecular weight excluding hydrogens is 340 g/mol. The number of nitrogens with zero attached hydrogens (tertiary/aromatic N) is 2. The highest BCUT2D eigenvalue weighted by Crippen LogP contribution is 2.26. The van der Waals surface area contributed by atoms with Crippen LogP contribution in [-0.4, -0.2) is 22.3 Å². The molecule has 27 heavy (non-hydrogen) atoms. The number of nitrogens with one attached hydrogen (secondary N) is 1. The first-order valence-corrected chi connectivity index (χ1v) is 8.70. The van der Waals surface area contributed by atoms with Crippen LogP contribution in [0.4, 0.5) is 0 Å². The second-order valence-electron chi connectivity index (χ2n) is 6.57. The van der Waals surface area contributed by atoms with Crippen LogP contribution in [0.5, 0.6) is 0 Å². The first kappa shape index (κ1) is 18.5. The number of rotatable bonds is 6. The number of benzene rings is 2. The van der Waals surface area contributed by atoms with E-state index in [0.717, 1.165) is 11.1 Å². The Morgan fingerprint density at radius 1 is 1.15 bits per heavy atom. The minimum absolute atomic E-state index is 0.250. The van der Waals surface area contributed by atoms with E-state index in [-0.39, 0.29) is 10.8 Å². The quantitative estimate of drug-likeness (QED) is 0.610. The predicted octanol–water partition coefficient (Wildman–Crippen LogP) is 2.84. The van der Waals surface area contributed by atoms with E-state index < -0.39 is 11.6 Å². The van der Waals surface area contributed by atoms with E-state index in [9.17, 15) is 10.1 Å². The average molecular weight is 362 g/mol. The number of nitrogens with two attached hydrogens (primary N) is 1. The maximum Gasteiger partial charge on any atom is 0.290 e. The number of amidine groups is 1. The minimum Gasteiger partial charge on any atom is -0.364 e. The molecule has 0 saturated carbocycles. The van der Waals surface area contributed by atoms with Gasteiger partial charge in [0.25, 0.3) is 6.04 Å². The van der Waals surface area contributed by atoms with Gasteiger partial charge in [0.2, 0.25) is 0 Å². The molecule has 1 heterocycles. The zero-order valence-corrected chi connectivity index (χ0v) is 14.9. The summed E-state index contributed by atoms with van der Waals surface area (Å²) in [6.07, 6.45) is 3.53. The molecule has 2 aromatic carbocycles. The van der Waals surface area contributed by atoms with Crippen LogP contribution in [0.3, 0.4) is 0 Å².